The van der Waals surface area contributed by atoms with Gasteiger partial charge >= 0.3 is 5.69 Å². The van der Waals surface area contributed by atoms with E-state index in [0.29, 0.717) is 10.8 Å². The highest BCUT2D eigenvalue weighted by atomic mass is 35.5. The summed E-state index contributed by atoms with van der Waals surface area (Å²) in [7, 11) is 2.99. The minimum atomic E-state index is -0.461. The molecule has 144 valence electrons. The average Bonchev–Trinajstić information content (AvgIpc) is 3.33. The Morgan fingerprint density at radius 2 is 1.89 bits per heavy atom. The molecule has 0 atom stereocenters. The minimum Gasteiger partial charge on any atom is -0.466 e. The predicted octanol–water partition coefficient (Wildman–Crippen LogP) is 2.31. The van der Waals surface area contributed by atoms with E-state index in [1.54, 1.807) is 36.1 Å². The number of imidazole rings is 1. The molecule has 4 rings (SSSR count). The van der Waals surface area contributed by atoms with Gasteiger partial charge in [0.15, 0.2) is 11.2 Å². The third kappa shape index (κ3) is 3.01. The molecule has 3 heterocycles. The Kier molecular flexibility index (Phi) is 4.56. The Hall–Kier alpha value is -3.26. The second kappa shape index (κ2) is 7.05. The lowest BCUT2D eigenvalue weighted by atomic mass is 10.2. The molecule has 3 aromatic heterocycles. The molecule has 1 aromatic carbocycles. The fraction of sp³-hybridized carbons (Fsp3) is 0.211. The van der Waals surface area contributed by atoms with E-state index < -0.39 is 11.2 Å². The van der Waals surface area contributed by atoms with E-state index in [0.717, 1.165) is 10.1 Å². The first-order valence-corrected chi connectivity index (χ1v) is 8.90. The van der Waals surface area contributed by atoms with Gasteiger partial charge in [-0.05, 0) is 23.8 Å². The molecular formula is C19H17ClN4O4. The summed E-state index contributed by atoms with van der Waals surface area (Å²) < 4.78 is 15.1. The number of aryl methyl sites for hydroxylation is 1. The normalized spacial score (nSPS) is 11.2. The van der Waals surface area contributed by atoms with E-state index in [1.165, 1.54) is 11.6 Å². The van der Waals surface area contributed by atoms with Crippen LogP contribution in [0.3, 0.4) is 0 Å². The first-order chi connectivity index (χ1) is 13.5. The van der Waals surface area contributed by atoms with Crippen molar-refractivity contribution < 1.29 is 9.15 Å². The van der Waals surface area contributed by atoms with Crippen LogP contribution in [0.2, 0.25) is 5.02 Å². The molecular weight excluding hydrogens is 384 g/mol. The number of hydrogen-bond donors (Lipinski definition) is 0. The fourth-order valence-corrected chi connectivity index (χ4v) is 3.21. The zero-order chi connectivity index (χ0) is 19.8. The van der Waals surface area contributed by atoms with Crippen molar-refractivity contribution in [2.45, 2.75) is 13.2 Å². The molecule has 0 N–H and O–H groups in total. The van der Waals surface area contributed by atoms with Crippen LogP contribution in [0.4, 0.5) is 0 Å². The van der Waals surface area contributed by atoms with Crippen LogP contribution in [-0.4, -0.2) is 18.7 Å². The molecule has 0 radical (unpaired) electrons. The SMILES string of the molecule is Cn1c(=O)c2c(nc(OCc3ccco3)n2Cc2ccccc2Cl)n(C)c1=O. The lowest BCUT2D eigenvalue weighted by molar-refractivity contribution is 0.242. The maximum atomic E-state index is 12.8. The second-order valence-corrected chi connectivity index (χ2v) is 6.73. The van der Waals surface area contributed by atoms with Crippen molar-refractivity contribution in [3.05, 3.63) is 79.8 Å². The van der Waals surface area contributed by atoms with Gasteiger partial charge in [0.1, 0.15) is 12.4 Å². The van der Waals surface area contributed by atoms with Gasteiger partial charge in [0, 0.05) is 19.1 Å². The summed E-state index contributed by atoms with van der Waals surface area (Å²) in [5.74, 6) is 0.609. The van der Waals surface area contributed by atoms with Gasteiger partial charge in [-0.3, -0.25) is 18.5 Å². The summed E-state index contributed by atoms with van der Waals surface area (Å²) in [6, 6.07) is 11.0. The zero-order valence-corrected chi connectivity index (χ0v) is 16.0. The summed E-state index contributed by atoms with van der Waals surface area (Å²) >= 11 is 6.30. The van der Waals surface area contributed by atoms with Crippen molar-refractivity contribution in [3.8, 4) is 6.01 Å². The summed E-state index contributed by atoms with van der Waals surface area (Å²) in [4.78, 5) is 29.5. The van der Waals surface area contributed by atoms with E-state index >= 15 is 0 Å². The smallest absolute Gasteiger partial charge is 0.332 e. The van der Waals surface area contributed by atoms with Crippen molar-refractivity contribution in [1.29, 1.82) is 0 Å². The number of fused-ring (bicyclic) bond motifs is 1. The van der Waals surface area contributed by atoms with Gasteiger partial charge < -0.3 is 9.15 Å². The Bertz CT molecular complexity index is 1270. The molecule has 0 saturated carbocycles. The monoisotopic (exact) mass is 400 g/mol. The van der Waals surface area contributed by atoms with Crippen LogP contribution in [0, 0.1) is 0 Å². The van der Waals surface area contributed by atoms with E-state index in [4.69, 9.17) is 20.8 Å². The highest BCUT2D eigenvalue weighted by molar-refractivity contribution is 6.31. The van der Waals surface area contributed by atoms with Crippen molar-refractivity contribution in [3.63, 3.8) is 0 Å². The third-order valence-electron chi connectivity index (χ3n) is 4.52. The van der Waals surface area contributed by atoms with Crippen molar-refractivity contribution in [1.82, 2.24) is 18.7 Å². The lowest BCUT2D eigenvalue weighted by Gasteiger charge is -2.11. The quantitative estimate of drug-likeness (QED) is 0.513. The topological polar surface area (TPSA) is 84.2 Å². The summed E-state index contributed by atoms with van der Waals surface area (Å²) in [6.45, 7) is 0.393. The van der Waals surface area contributed by atoms with Crippen LogP contribution < -0.4 is 16.0 Å². The Morgan fingerprint density at radius 1 is 1.11 bits per heavy atom. The predicted molar refractivity (Wildman–Crippen MR) is 104 cm³/mol. The van der Waals surface area contributed by atoms with E-state index in [2.05, 4.69) is 4.98 Å². The number of benzene rings is 1. The number of ether oxygens (including phenoxy) is 1. The van der Waals surface area contributed by atoms with Crippen LogP contribution >= 0.6 is 11.6 Å². The molecule has 0 unspecified atom stereocenters. The van der Waals surface area contributed by atoms with Crippen LogP contribution in [0.25, 0.3) is 11.2 Å². The number of aromatic nitrogens is 4. The zero-order valence-electron chi connectivity index (χ0n) is 15.3. The molecule has 0 spiro atoms. The lowest BCUT2D eigenvalue weighted by Crippen LogP contribution is -2.37. The highest BCUT2D eigenvalue weighted by Gasteiger charge is 2.21. The highest BCUT2D eigenvalue weighted by Crippen LogP contribution is 2.23. The average molecular weight is 401 g/mol. The molecule has 0 aliphatic rings. The largest absolute Gasteiger partial charge is 0.466 e. The molecule has 0 saturated heterocycles. The van der Waals surface area contributed by atoms with Gasteiger partial charge in [-0.1, -0.05) is 29.8 Å². The standard InChI is InChI=1S/C19H17ClN4O4/c1-22-16-15(17(25)23(2)19(22)26)24(10-12-6-3-4-8-14(12)20)18(21-16)28-11-13-7-5-9-27-13/h3-9H,10-11H2,1-2H3. The Labute approximate surface area is 164 Å². The molecule has 0 aliphatic carbocycles. The summed E-state index contributed by atoms with van der Waals surface area (Å²) in [6.07, 6.45) is 1.55. The van der Waals surface area contributed by atoms with Gasteiger partial charge in [0.05, 0.1) is 12.8 Å². The number of hydrogen-bond acceptors (Lipinski definition) is 5. The Morgan fingerprint density at radius 3 is 2.61 bits per heavy atom. The van der Waals surface area contributed by atoms with Crippen LogP contribution in [0.5, 0.6) is 6.01 Å². The van der Waals surface area contributed by atoms with E-state index in [1.807, 2.05) is 18.2 Å². The van der Waals surface area contributed by atoms with Crippen LogP contribution in [-0.2, 0) is 27.2 Å². The minimum absolute atomic E-state index is 0.132. The molecule has 28 heavy (non-hydrogen) atoms. The van der Waals surface area contributed by atoms with Crippen molar-refractivity contribution in [2.24, 2.45) is 14.1 Å². The van der Waals surface area contributed by atoms with Gasteiger partial charge in [-0.2, -0.15) is 4.98 Å². The van der Waals surface area contributed by atoms with Gasteiger partial charge in [-0.25, -0.2) is 4.79 Å². The van der Waals surface area contributed by atoms with Crippen LogP contribution in [0.15, 0.2) is 56.7 Å². The molecule has 8 nitrogen and oxygen atoms in total. The van der Waals surface area contributed by atoms with E-state index in [9.17, 15) is 9.59 Å². The maximum Gasteiger partial charge on any atom is 0.332 e. The molecule has 0 bridgehead atoms. The van der Waals surface area contributed by atoms with Gasteiger partial charge in [0.25, 0.3) is 11.6 Å². The summed E-state index contributed by atoms with van der Waals surface area (Å²) in [5, 5.41) is 0.558. The first-order valence-electron chi connectivity index (χ1n) is 8.52. The van der Waals surface area contributed by atoms with Crippen LogP contribution in [0.1, 0.15) is 11.3 Å². The van der Waals surface area contributed by atoms with E-state index in [-0.39, 0.29) is 30.3 Å². The maximum absolute atomic E-state index is 12.8. The van der Waals surface area contributed by atoms with Crippen molar-refractivity contribution >= 4 is 22.8 Å². The number of rotatable bonds is 5. The molecule has 4 aromatic rings. The fourth-order valence-electron chi connectivity index (χ4n) is 3.01. The molecule has 9 heteroatoms. The number of halogens is 1. The molecule has 0 aliphatic heterocycles. The third-order valence-corrected chi connectivity index (χ3v) is 4.89. The van der Waals surface area contributed by atoms with Gasteiger partial charge in [-0.15, -0.1) is 0 Å². The van der Waals surface area contributed by atoms with Crippen molar-refractivity contribution in [2.75, 3.05) is 0 Å². The molecule has 0 fully saturated rings. The van der Waals surface area contributed by atoms with Gasteiger partial charge in [0.2, 0.25) is 0 Å². The molecule has 0 amide bonds. The number of nitrogens with zero attached hydrogens (tertiary/aromatic N) is 4. The summed E-state index contributed by atoms with van der Waals surface area (Å²) in [5.41, 5.74) is 0.388. The number of furan rings is 1. The Balaban J connectivity index is 1.90. The second-order valence-electron chi connectivity index (χ2n) is 6.32. The first kappa shape index (κ1) is 18.1.